The second-order valence-electron chi connectivity index (χ2n) is 7.76. The Morgan fingerprint density at radius 1 is 1.43 bits per heavy atom. The van der Waals surface area contributed by atoms with Gasteiger partial charge in [-0.1, -0.05) is 0 Å². The van der Waals surface area contributed by atoms with Crippen molar-refractivity contribution in [1.82, 2.24) is 10.7 Å². The fourth-order valence-corrected chi connectivity index (χ4v) is 4.79. The summed E-state index contributed by atoms with van der Waals surface area (Å²) in [5.74, 6) is 0.352. The largest absolute Gasteiger partial charge is 0.435 e. The number of hydrogen-bond donors (Lipinski definition) is 2. The number of ether oxygens (including phenoxy) is 2. The van der Waals surface area contributed by atoms with Gasteiger partial charge in [0.05, 0.1) is 0 Å². The molecule has 1 aromatic carbocycles. The highest BCUT2D eigenvalue weighted by Crippen LogP contribution is 2.42. The fourth-order valence-electron chi connectivity index (χ4n) is 4.25. The molecule has 2 amide bonds. The maximum atomic E-state index is 12.5. The first-order valence-corrected chi connectivity index (χ1v) is 10.6. The summed E-state index contributed by atoms with van der Waals surface area (Å²) in [5.41, 5.74) is 2.65. The Labute approximate surface area is 181 Å². The molecule has 1 saturated carbocycles. The molecule has 1 aliphatic carbocycles. The number of carbonyl (C=O) groups is 2. The van der Waals surface area contributed by atoms with E-state index in [0.29, 0.717) is 34.5 Å². The van der Waals surface area contributed by atoms with E-state index in [1.807, 2.05) is 6.92 Å². The van der Waals surface area contributed by atoms with Crippen LogP contribution in [0.5, 0.6) is 5.75 Å². The Morgan fingerprint density at radius 2 is 2.13 bits per heavy atom. The van der Waals surface area contributed by atoms with Crippen molar-refractivity contribution in [1.29, 1.82) is 0 Å². The number of hydrogen-bond acceptors (Lipinski definition) is 5. The van der Waals surface area contributed by atoms with Crippen molar-refractivity contribution in [2.75, 3.05) is 0 Å². The molecule has 10 heteroatoms. The third kappa shape index (κ3) is 5.27. The van der Waals surface area contributed by atoms with Gasteiger partial charge < -0.3 is 14.8 Å². The third-order valence-electron chi connectivity index (χ3n) is 5.45. The first-order valence-electron chi connectivity index (χ1n) is 9.77. The fraction of sp³-hybridized carbons (Fsp3) is 0.550. The van der Waals surface area contributed by atoms with Crippen LogP contribution in [0.25, 0.3) is 0 Å². The molecule has 1 aromatic rings. The molecule has 0 unspecified atom stereocenters. The molecule has 1 aliphatic heterocycles. The highest BCUT2D eigenvalue weighted by molar-refractivity contribution is 9.10. The Kier molecular flexibility index (Phi) is 6.95. The number of hydrazone groups is 1. The molecule has 0 aromatic heterocycles. The third-order valence-corrected chi connectivity index (χ3v) is 6.10. The Balaban J connectivity index is 1.77. The van der Waals surface area contributed by atoms with Gasteiger partial charge in [-0.15, -0.1) is 0 Å². The summed E-state index contributed by atoms with van der Waals surface area (Å²) < 4.78 is 35.6. The summed E-state index contributed by atoms with van der Waals surface area (Å²) in [4.78, 5) is 23.2. The number of rotatable bonds is 6. The predicted octanol–water partition coefficient (Wildman–Crippen LogP) is 4.34. The van der Waals surface area contributed by atoms with Crippen LogP contribution in [-0.4, -0.2) is 36.0 Å². The number of amides is 2. The minimum absolute atomic E-state index is 0.0201. The molecule has 0 bridgehead atoms. The predicted molar refractivity (Wildman–Crippen MR) is 110 cm³/mol. The van der Waals surface area contributed by atoms with Crippen molar-refractivity contribution >= 4 is 33.6 Å². The van der Waals surface area contributed by atoms with E-state index in [1.54, 1.807) is 6.07 Å². The van der Waals surface area contributed by atoms with Crippen molar-refractivity contribution in [2.45, 2.75) is 64.2 Å². The van der Waals surface area contributed by atoms with Gasteiger partial charge in [0.25, 0.3) is 0 Å². The van der Waals surface area contributed by atoms with Crippen LogP contribution in [0.3, 0.4) is 0 Å². The zero-order valence-corrected chi connectivity index (χ0v) is 18.3. The van der Waals surface area contributed by atoms with Crippen LogP contribution >= 0.6 is 15.9 Å². The van der Waals surface area contributed by atoms with Crippen molar-refractivity contribution in [3.05, 3.63) is 28.2 Å². The van der Waals surface area contributed by atoms with E-state index in [2.05, 4.69) is 36.5 Å². The van der Waals surface area contributed by atoms with E-state index in [-0.39, 0.29) is 17.7 Å². The average molecular weight is 488 g/mol. The van der Waals surface area contributed by atoms with Crippen LogP contribution in [0, 0.1) is 5.92 Å². The van der Waals surface area contributed by atoms with Gasteiger partial charge in [0.15, 0.2) is 5.60 Å². The molecule has 0 saturated heterocycles. The summed E-state index contributed by atoms with van der Waals surface area (Å²) in [7, 11) is 0. The molecule has 1 fully saturated rings. The molecule has 0 radical (unpaired) electrons. The molecule has 1 heterocycles. The number of benzene rings is 1. The Hall–Kier alpha value is -2.23. The van der Waals surface area contributed by atoms with Gasteiger partial charge in [0, 0.05) is 23.0 Å². The van der Waals surface area contributed by atoms with Crippen molar-refractivity contribution in [3.63, 3.8) is 0 Å². The van der Waals surface area contributed by atoms with Crippen LogP contribution in [0.4, 0.5) is 13.6 Å². The van der Waals surface area contributed by atoms with Gasteiger partial charge in [0.1, 0.15) is 11.5 Å². The molecular formula is C20H24BrF2N3O4. The van der Waals surface area contributed by atoms with Crippen LogP contribution < -0.4 is 15.5 Å². The highest BCUT2D eigenvalue weighted by Gasteiger charge is 2.46. The van der Waals surface area contributed by atoms with E-state index in [1.165, 1.54) is 19.1 Å². The number of alkyl halides is 2. The number of halogens is 3. The van der Waals surface area contributed by atoms with Gasteiger partial charge in [-0.25, -0.2) is 10.2 Å². The molecule has 1 atom stereocenters. The maximum Gasteiger partial charge on any atom is 0.428 e. The molecule has 2 N–H and O–H groups in total. The molecule has 3 rings (SSSR count). The zero-order chi connectivity index (χ0) is 21.9. The molecular weight excluding hydrogens is 464 g/mol. The van der Waals surface area contributed by atoms with Gasteiger partial charge in [-0.05, 0) is 79.1 Å². The van der Waals surface area contributed by atoms with Crippen LogP contribution in [0.1, 0.15) is 51.5 Å². The molecule has 30 heavy (non-hydrogen) atoms. The van der Waals surface area contributed by atoms with Crippen molar-refractivity contribution in [3.8, 4) is 5.75 Å². The van der Waals surface area contributed by atoms with Gasteiger partial charge in [0.2, 0.25) is 5.91 Å². The lowest BCUT2D eigenvalue weighted by Crippen LogP contribution is -2.52. The lowest BCUT2D eigenvalue weighted by molar-refractivity contribution is -0.119. The zero-order valence-electron chi connectivity index (χ0n) is 16.7. The second-order valence-corrected chi connectivity index (χ2v) is 8.61. The molecule has 1 spiro atoms. The quantitative estimate of drug-likeness (QED) is 0.624. The molecule has 7 nitrogen and oxygen atoms in total. The lowest BCUT2D eigenvalue weighted by Gasteiger charge is -2.42. The van der Waals surface area contributed by atoms with E-state index in [0.717, 1.165) is 19.3 Å². The standard InChI is InChI=1S/C20H24BrF2N3O4/c1-11(24-12(2)27)9-13-5-7-20(8-6-13)17(25-26-19(28)30-20)15-4-3-14(10-16(15)21)29-18(22)23/h3-4,10-11,13,18H,5-9H2,1-2H3,(H,24,27)(H,26,28)/t11-,13?,20?/m0/s1. The summed E-state index contributed by atoms with van der Waals surface area (Å²) >= 11 is 3.39. The van der Waals surface area contributed by atoms with E-state index < -0.39 is 18.3 Å². The number of nitrogens with one attached hydrogen (secondary N) is 2. The van der Waals surface area contributed by atoms with Crippen LogP contribution in [0.15, 0.2) is 27.8 Å². The Bertz CT molecular complexity index is 841. The second kappa shape index (κ2) is 9.28. The summed E-state index contributed by atoms with van der Waals surface area (Å²) in [6, 6.07) is 4.56. The van der Waals surface area contributed by atoms with E-state index in [9.17, 15) is 18.4 Å². The van der Waals surface area contributed by atoms with E-state index >= 15 is 0 Å². The minimum atomic E-state index is -2.92. The summed E-state index contributed by atoms with van der Waals surface area (Å²) in [5, 5.41) is 7.15. The molecule has 2 aliphatic rings. The van der Waals surface area contributed by atoms with Crippen molar-refractivity contribution in [2.24, 2.45) is 11.0 Å². The monoisotopic (exact) mass is 487 g/mol. The number of nitrogens with zero attached hydrogens (tertiary/aromatic N) is 1. The average Bonchev–Trinajstić information content (AvgIpc) is 2.64. The lowest BCUT2D eigenvalue weighted by atomic mass is 9.73. The first-order chi connectivity index (χ1) is 14.2. The topological polar surface area (TPSA) is 89.0 Å². The van der Waals surface area contributed by atoms with E-state index in [4.69, 9.17) is 4.74 Å². The minimum Gasteiger partial charge on any atom is -0.435 e. The SMILES string of the molecule is CC(=O)N[C@@H](C)CC1CCC2(CC1)OC(=O)NN=C2c1ccc(OC(F)F)cc1Br. The highest BCUT2D eigenvalue weighted by atomic mass is 79.9. The van der Waals surface area contributed by atoms with Gasteiger partial charge >= 0.3 is 12.7 Å². The van der Waals surface area contributed by atoms with Crippen LogP contribution in [-0.2, 0) is 9.53 Å². The molecule has 164 valence electrons. The summed E-state index contributed by atoms with van der Waals surface area (Å²) in [6.45, 7) is 0.557. The van der Waals surface area contributed by atoms with Gasteiger partial charge in [-0.2, -0.15) is 13.9 Å². The van der Waals surface area contributed by atoms with Crippen molar-refractivity contribution < 1.29 is 27.8 Å². The first kappa shape index (κ1) is 22.5. The number of carbonyl (C=O) groups excluding carboxylic acids is 2. The summed E-state index contributed by atoms with van der Waals surface area (Å²) in [6.07, 6.45) is 3.01. The normalized spacial score (nSPS) is 24.7. The smallest absolute Gasteiger partial charge is 0.428 e. The van der Waals surface area contributed by atoms with Crippen LogP contribution in [0.2, 0.25) is 0 Å². The Morgan fingerprint density at radius 3 is 2.73 bits per heavy atom. The van der Waals surface area contributed by atoms with Gasteiger partial charge in [-0.3, -0.25) is 4.79 Å². The maximum absolute atomic E-state index is 12.5.